The van der Waals surface area contributed by atoms with Gasteiger partial charge in [-0.2, -0.15) is 0 Å². The third kappa shape index (κ3) is 5.08. The molecule has 5 amide bonds. The van der Waals surface area contributed by atoms with Gasteiger partial charge in [-0.15, -0.1) is 0 Å². The van der Waals surface area contributed by atoms with E-state index in [2.05, 4.69) is 0 Å². The van der Waals surface area contributed by atoms with Crippen LogP contribution in [0.3, 0.4) is 0 Å². The molecule has 0 bridgehead atoms. The highest BCUT2D eigenvalue weighted by atomic mass is 127. The molecule has 1 saturated heterocycles. The number of amides is 5. The summed E-state index contributed by atoms with van der Waals surface area (Å²) < 4.78 is 11.1. The van der Waals surface area contributed by atoms with Gasteiger partial charge in [-0.1, -0.05) is 6.07 Å². The third-order valence-electron chi connectivity index (χ3n) is 4.32. The first kappa shape index (κ1) is 23.6. The zero-order chi connectivity index (χ0) is 24.3. The number of urea groups is 1. The van der Waals surface area contributed by atoms with Crippen LogP contribution in [0.1, 0.15) is 5.56 Å². The summed E-state index contributed by atoms with van der Waals surface area (Å²) in [4.78, 5) is 59.7. The second-order valence-corrected chi connectivity index (χ2v) is 7.69. The number of ether oxygens (including phenoxy) is 2. The number of benzene rings is 2. The lowest BCUT2D eigenvalue weighted by atomic mass is 10.1. The number of nitrogens with two attached hydrogens (primary N) is 1. The van der Waals surface area contributed by atoms with Crippen molar-refractivity contribution in [2.75, 3.05) is 18.6 Å². The van der Waals surface area contributed by atoms with E-state index >= 15 is 0 Å². The smallest absolute Gasteiger partial charge is 0.335 e. The van der Waals surface area contributed by atoms with E-state index in [0.717, 1.165) is 6.07 Å². The van der Waals surface area contributed by atoms with Gasteiger partial charge in [0.05, 0.1) is 21.3 Å². The van der Waals surface area contributed by atoms with E-state index in [0.29, 0.717) is 14.0 Å². The standard InChI is InChI=1S/C20H15IN4O8/c1-32-15-7-10(6-14(21)17(15)33-9-16(22)26)5-13-18(27)23-20(29)24(19(13)28)11-3-2-4-12(8-11)25(30)31/h2-8H,9H2,1H3,(H2,22,26)(H,23,27,29)/b13-5+. The van der Waals surface area contributed by atoms with Crippen LogP contribution in [0.4, 0.5) is 16.2 Å². The van der Waals surface area contributed by atoms with Crippen molar-refractivity contribution in [2.24, 2.45) is 5.73 Å². The number of non-ortho nitro benzene ring substituents is 1. The molecule has 3 rings (SSSR count). The van der Waals surface area contributed by atoms with Crippen molar-refractivity contribution < 1.29 is 33.6 Å². The van der Waals surface area contributed by atoms with Gasteiger partial charge in [0.1, 0.15) is 5.57 Å². The Kier molecular flexibility index (Phi) is 6.91. The Morgan fingerprint density at radius 1 is 1.27 bits per heavy atom. The van der Waals surface area contributed by atoms with Crippen LogP contribution in [-0.4, -0.2) is 42.4 Å². The van der Waals surface area contributed by atoms with E-state index in [4.69, 9.17) is 15.2 Å². The Morgan fingerprint density at radius 2 is 2.00 bits per heavy atom. The van der Waals surface area contributed by atoms with Gasteiger partial charge >= 0.3 is 6.03 Å². The molecule has 1 fully saturated rings. The van der Waals surface area contributed by atoms with Crippen molar-refractivity contribution in [3.05, 3.63) is 61.2 Å². The molecular formula is C20H15IN4O8. The number of nitrogens with zero attached hydrogens (tertiary/aromatic N) is 2. The minimum Gasteiger partial charge on any atom is -0.493 e. The molecule has 0 aromatic heterocycles. The molecular weight excluding hydrogens is 551 g/mol. The van der Waals surface area contributed by atoms with Crippen LogP contribution in [-0.2, 0) is 14.4 Å². The van der Waals surface area contributed by atoms with Crippen LogP contribution >= 0.6 is 22.6 Å². The van der Waals surface area contributed by atoms with Crippen LogP contribution in [0.15, 0.2) is 42.0 Å². The van der Waals surface area contributed by atoms with Crippen LogP contribution in [0, 0.1) is 13.7 Å². The molecule has 2 aromatic rings. The Balaban J connectivity index is 2.01. The molecule has 0 spiro atoms. The van der Waals surface area contributed by atoms with Crippen molar-refractivity contribution in [3.8, 4) is 11.5 Å². The normalized spacial score (nSPS) is 14.8. The largest absolute Gasteiger partial charge is 0.493 e. The van der Waals surface area contributed by atoms with Crippen LogP contribution < -0.4 is 25.4 Å². The van der Waals surface area contributed by atoms with Gasteiger partial charge in [-0.05, 0) is 52.4 Å². The molecule has 33 heavy (non-hydrogen) atoms. The quantitative estimate of drug-likeness (QED) is 0.168. The van der Waals surface area contributed by atoms with E-state index in [9.17, 15) is 29.3 Å². The average molecular weight is 566 g/mol. The molecule has 1 aliphatic rings. The second-order valence-electron chi connectivity index (χ2n) is 6.52. The fraction of sp³-hybridized carbons (Fsp3) is 0.100. The summed E-state index contributed by atoms with van der Waals surface area (Å²) in [5.41, 5.74) is 4.66. The van der Waals surface area contributed by atoms with Crippen molar-refractivity contribution >= 4 is 63.8 Å². The molecule has 0 unspecified atom stereocenters. The predicted octanol–water partition coefficient (Wildman–Crippen LogP) is 1.74. The minimum absolute atomic E-state index is 0.0764. The van der Waals surface area contributed by atoms with Gasteiger partial charge in [0, 0.05) is 12.1 Å². The number of imide groups is 2. The number of methoxy groups -OCH3 is 1. The maximum atomic E-state index is 13.0. The van der Waals surface area contributed by atoms with Crippen molar-refractivity contribution in [1.82, 2.24) is 5.32 Å². The third-order valence-corrected chi connectivity index (χ3v) is 5.12. The lowest BCUT2D eigenvalue weighted by Crippen LogP contribution is -2.54. The number of primary amides is 1. The van der Waals surface area contributed by atoms with Gasteiger partial charge in [-0.3, -0.25) is 29.8 Å². The maximum Gasteiger partial charge on any atom is 0.335 e. The first-order valence-corrected chi connectivity index (χ1v) is 10.1. The monoisotopic (exact) mass is 566 g/mol. The summed E-state index contributed by atoms with van der Waals surface area (Å²) in [6.07, 6.45) is 1.23. The van der Waals surface area contributed by atoms with Crippen molar-refractivity contribution in [2.45, 2.75) is 0 Å². The molecule has 12 nitrogen and oxygen atoms in total. The number of hydrogen-bond acceptors (Lipinski definition) is 8. The van der Waals surface area contributed by atoms with Gasteiger partial charge in [0.25, 0.3) is 23.4 Å². The van der Waals surface area contributed by atoms with Gasteiger partial charge < -0.3 is 15.2 Å². The zero-order valence-electron chi connectivity index (χ0n) is 16.9. The Hall–Kier alpha value is -4.01. The number of nitro benzene ring substituents is 1. The minimum atomic E-state index is -1.04. The summed E-state index contributed by atoms with van der Waals surface area (Å²) in [6, 6.07) is 6.86. The molecule has 1 aliphatic heterocycles. The zero-order valence-corrected chi connectivity index (χ0v) is 19.0. The van der Waals surface area contributed by atoms with E-state index in [1.165, 1.54) is 37.5 Å². The topological polar surface area (TPSA) is 171 Å². The molecule has 2 aromatic carbocycles. The van der Waals surface area contributed by atoms with E-state index in [1.807, 2.05) is 27.9 Å². The second kappa shape index (κ2) is 9.64. The highest BCUT2D eigenvalue weighted by molar-refractivity contribution is 14.1. The highest BCUT2D eigenvalue weighted by Gasteiger charge is 2.37. The van der Waals surface area contributed by atoms with Crippen LogP contribution in [0.5, 0.6) is 11.5 Å². The Labute approximate surface area is 199 Å². The number of nitro groups is 1. The number of anilines is 1. The number of hydrogen-bond donors (Lipinski definition) is 2. The molecule has 3 N–H and O–H groups in total. The van der Waals surface area contributed by atoms with Crippen LogP contribution in [0.25, 0.3) is 6.08 Å². The molecule has 13 heteroatoms. The first-order chi connectivity index (χ1) is 15.6. The summed E-state index contributed by atoms with van der Waals surface area (Å²) in [7, 11) is 1.36. The lowest BCUT2D eigenvalue weighted by molar-refractivity contribution is -0.384. The SMILES string of the molecule is COc1cc(/C=C2\C(=O)NC(=O)N(c3cccc([N+](=O)[O-])c3)C2=O)cc(I)c1OCC(N)=O. The number of carbonyl (C=O) groups excluding carboxylic acids is 4. The van der Waals surface area contributed by atoms with Gasteiger partial charge in [-0.25, -0.2) is 9.69 Å². The lowest BCUT2D eigenvalue weighted by Gasteiger charge is -2.26. The molecule has 1 heterocycles. The fourth-order valence-electron chi connectivity index (χ4n) is 2.91. The van der Waals surface area contributed by atoms with E-state index < -0.39 is 28.7 Å². The molecule has 0 radical (unpaired) electrons. The molecule has 170 valence electrons. The van der Waals surface area contributed by atoms with Gasteiger partial charge in [0.15, 0.2) is 18.1 Å². The predicted molar refractivity (Wildman–Crippen MR) is 122 cm³/mol. The summed E-state index contributed by atoms with van der Waals surface area (Å²) in [5.74, 6) is -2.13. The van der Waals surface area contributed by atoms with E-state index in [-0.39, 0.29) is 35.1 Å². The Bertz CT molecular complexity index is 1230. The number of barbiturate groups is 1. The summed E-state index contributed by atoms with van der Waals surface area (Å²) in [5, 5.41) is 13.1. The molecule has 0 saturated carbocycles. The van der Waals surface area contributed by atoms with Crippen LogP contribution in [0.2, 0.25) is 0 Å². The first-order valence-electron chi connectivity index (χ1n) is 9.07. The van der Waals surface area contributed by atoms with Gasteiger partial charge in [0.2, 0.25) is 0 Å². The van der Waals surface area contributed by atoms with Crippen molar-refractivity contribution in [1.29, 1.82) is 0 Å². The maximum absolute atomic E-state index is 13.0. The number of halogens is 1. The molecule has 0 aliphatic carbocycles. The Morgan fingerprint density at radius 3 is 2.64 bits per heavy atom. The van der Waals surface area contributed by atoms with Crippen molar-refractivity contribution in [3.63, 3.8) is 0 Å². The number of nitrogens with one attached hydrogen (secondary N) is 1. The fourth-order valence-corrected chi connectivity index (χ4v) is 3.69. The summed E-state index contributed by atoms with van der Waals surface area (Å²) >= 11 is 1.91. The average Bonchev–Trinajstić information content (AvgIpc) is 2.75. The van der Waals surface area contributed by atoms with E-state index in [1.54, 1.807) is 6.07 Å². The number of rotatable bonds is 7. The summed E-state index contributed by atoms with van der Waals surface area (Å²) in [6.45, 7) is -0.381. The number of carbonyl (C=O) groups is 4. The highest BCUT2D eigenvalue weighted by Crippen LogP contribution is 2.35. The molecule has 0 atom stereocenters.